The second kappa shape index (κ2) is 51.4. The topological polar surface area (TPSA) is 470 Å². The normalized spacial score (nSPS) is 16.4. The number of Topliss-reactive ketones (excluding diaryl/α,β-unsaturated/α-hetero) is 1. The Labute approximate surface area is 854 Å². The van der Waals surface area contributed by atoms with Gasteiger partial charge < -0.3 is 96.1 Å². The summed E-state index contributed by atoms with van der Waals surface area (Å²) in [4.78, 5) is 192. The number of carbonyl (C=O) groups excluding carboxylic acids is 14. The van der Waals surface area contributed by atoms with E-state index in [-0.39, 0.29) is 131 Å². The number of nitrogens with zero attached hydrogens (tertiary/aromatic N) is 5. The first-order valence-corrected chi connectivity index (χ1v) is 49.1. The fourth-order valence-electron chi connectivity index (χ4n) is 17.1. The second-order valence-corrected chi connectivity index (χ2v) is 38.7. The molecule has 0 aliphatic carbocycles. The number of methoxy groups -OCH3 is 2. The third-order valence-electron chi connectivity index (χ3n) is 25.3. The maximum atomic E-state index is 14.2. The van der Waals surface area contributed by atoms with Crippen molar-refractivity contribution in [1.29, 1.82) is 0 Å². The van der Waals surface area contributed by atoms with Crippen molar-refractivity contribution in [2.75, 3.05) is 67.5 Å². The zero-order valence-electron chi connectivity index (χ0n) is 84.9. The van der Waals surface area contributed by atoms with Crippen molar-refractivity contribution in [1.82, 2.24) is 41.3 Å². The van der Waals surface area contributed by atoms with Crippen LogP contribution in [0.25, 0.3) is 11.1 Å². The third-order valence-corrected chi connectivity index (χ3v) is 25.3. The van der Waals surface area contributed by atoms with Crippen molar-refractivity contribution in [2.45, 2.75) is 232 Å². The number of rotatable bonds is 41. The fraction of sp³-hybridized carbons (Fsp3) is 0.387. The van der Waals surface area contributed by atoms with Gasteiger partial charge in [-0.3, -0.25) is 52.8 Å². The Hall–Kier alpha value is -15.4. The molecule has 11 N–H and O–H groups in total. The van der Waals surface area contributed by atoms with Gasteiger partial charge in [-0.25, -0.2) is 29.0 Å². The molecule has 0 unspecified atom stereocenters. The standard InChI is InChI=1S/C62H73N7O14.C49H58N6O9/c1-39-33-48-51(34-40(39)2)69(59(77)52-36-44(37-68(52)58(48)76)43-19-23-47(80-6)24-20-43)61(79)82-38-42-17-21-45(22-18-42)64-56(74)49(16-10-11-29-63-60(78)83-62(3,4)5)66-57(75)50(35-41-13-8-7-9-14-41)65-53(71)28-32-81-31-12-15-46(70)27-30-67-54(72)25-26-55(67)73;1-30-24-38-41(25-31(30)2)55(46(59)42-27-35(28-54(42)45(38)58)34-17-21-37(62-6)22-18-34)48(61)63-29-33-15-19-36(20-16-33)52-44(57)40(14-10-11-23-51-47(60)64-49(3,4)5)53-43(56)39(50)26-32-12-8-7-9-13-32/h7-9,13-14,17-26,33-34,37,49-50,52,59,77H,10-12,15-16,27-32,35-36,38H2,1-6H3,(H,63,78)(H,64,74)(H,65,71)(H,66,75);7-9,12-13,15-22,24-25,28,39-40,42,46,59H,10-11,14,23,26-27,29,50H2,1-6H3,(H,51,60)(H,52,57)(H,53,56)/t49-,50-,52-,59-;39-,40-,42-,46-/m00/s1. The molecule has 8 aromatic rings. The van der Waals surface area contributed by atoms with Crippen LogP contribution in [0.1, 0.15) is 195 Å². The Morgan fingerprint density at radius 2 is 0.864 bits per heavy atom. The summed E-state index contributed by atoms with van der Waals surface area (Å²) < 4.78 is 38.5. The van der Waals surface area contributed by atoms with Gasteiger partial charge in [0.25, 0.3) is 23.6 Å². The number of hydrogen-bond donors (Lipinski definition) is 10. The van der Waals surface area contributed by atoms with Gasteiger partial charge in [0.2, 0.25) is 29.5 Å². The van der Waals surface area contributed by atoms with Gasteiger partial charge in [-0.2, -0.15) is 0 Å². The van der Waals surface area contributed by atoms with Crippen molar-refractivity contribution in [3.63, 3.8) is 0 Å². The lowest BCUT2D eigenvalue weighted by atomic mass is 10.0. The number of nitrogens with one attached hydrogen (secondary N) is 7. The minimum Gasteiger partial charge on any atom is -0.497 e. The number of aliphatic hydroxyl groups excluding tert-OH is 2. The number of carbonyl (C=O) groups is 14. The first kappa shape index (κ1) is 110. The number of unbranched alkanes of at least 4 members (excludes halogenated alkanes) is 2. The highest BCUT2D eigenvalue weighted by Gasteiger charge is 2.48. The molecule has 0 aromatic heterocycles. The lowest BCUT2D eigenvalue weighted by Crippen LogP contribution is -2.53. The molecule has 0 saturated heterocycles. The molecule has 5 aliphatic rings. The Bertz CT molecular complexity index is 6150. The van der Waals surface area contributed by atoms with Crippen LogP contribution in [0.2, 0.25) is 0 Å². The van der Waals surface area contributed by atoms with Crippen LogP contribution in [0.4, 0.5) is 41.9 Å². The van der Waals surface area contributed by atoms with E-state index in [0.717, 1.165) is 82.5 Å². The summed E-state index contributed by atoms with van der Waals surface area (Å²) in [5.41, 5.74) is 16.0. The van der Waals surface area contributed by atoms with Crippen LogP contribution in [0, 0.1) is 27.7 Å². The molecule has 0 fully saturated rings. The lowest BCUT2D eigenvalue weighted by Gasteiger charge is -2.31. The SMILES string of the molecule is COc1ccc(C2=CN3C(=O)c4cc(C)c(C)cc4N(C(=O)OCc4ccc(NC(=O)[C@H](CCCCNC(=O)OC(C)(C)C)NC(=O)[C@@H](N)Cc5ccccc5)cc4)[C@@H](O)[C@@H]3C2)cc1.COc1ccc(C2=CN3C(=O)c4cc(C)c(C)cc4N(C(=O)OCc4ccc(NC(=O)[C@H](CCCCNC(=O)OC(C)(C)C)NC(=O)[C@H](Cc5ccccc5)NC(=O)CCOCCCC(=O)CCN5C(=O)C=CC5=O)cc4)[C@@H](O)[C@@H]3C2)cc1. The van der Waals surface area contributed by atoms with E-state index in [0.29, 0.717) is 79.1 Å². The van der Waals surface area contributed by atoms with E-state index in [4.69, 9.17) is 38.9 Å². The number of aliphatic hydroxyl groups is 2. The number of ether oxygens (including phenoxy) is 7. The first-order chi connectivity index (χ1) is 70.2. The largest absolute Gasteiger partial charge is 0.497 e. The van der Waals surface area contributed by atoms with Crippen LogP contribution in [-0.2, 0) is 88.1 Å². The van der Waals surface area contributed by atoms with Crippen LogP contribution in [0.3, 0.4) is 0 Å². The summed E-state index contributed by atoms with van der Waals surface area (Å²) in [5.74, 6) is -3.03. The summed E-state index contributed by atoms with van der Waals surface area (Å²) in [6.45, 7) is 18.3. The number of nitrogens with two attached hydrogens (primary N) is 1. The number of fused-ring (bicyclic) bond motifs is 4. The van der Waals surface area contributed by atoms with Crippen molar-refractivity contribution in [3.8, 4) is 11.5 Å². The van der Waals surface area contributed by atoms with Crippen molar-refractivity contribution in [3.05, 3.63) is 273 Å². The smallest absolute Gasteiger partial charge is 0.416 e. The minimum absolute atomic E-state index is 0.00110. The molecule has 147 heavy (non-hydrogen) atoms. The van der Waals surface area contributed by atoms with E-state index in [2.05, 4.69) is 37.2 Å². The highest BCUT2D eigenvalue weighted by molar-refractivity contribution is 6.13. The molecule has 13 rings (SSSR count). The average Bonchev–Trinajstić information content (AvgIpc) is 1.60. The molecule has 13 amide bonds. The number of imide groups is 1. The van der Waals surface area contributed by atoms with E-state index in [9.17, 15) is 77.3 Å². The molecule has 5 aliphatic heterocycles. The summed E-state index contributed by atoms with van der Waals surface area (Å²) in [7, 11) is 3.15. The molecule has 8 aromatic carbocycles. The number of alkyl carbamates (subject to hydrolysis) is 2. The molecule has 36 heteroatoms. The monoisotopic (exact) mass is 2010 g/mol. The number of benzene rings is 8. The predicted molar refractivity (Wildman–Crippen MR) is 551 cm³/mol. The molecule has 0 bridgehead atoms. The second-order valence-electron chi connectivity index (χ2n) is 38.7. The Kier molecular flexibility index (Phi) is 38.6. The molecule has 778 valence electrons. The van der Waals surface area contributed by atoms with E-state index < -0.39 is 126 Å². The molecule has 0 spiro atoms. The zero-order chi connectivity index (χ0) is 106. The maximum Gasteiger partial charge on any atom is 0.416 e. The summed E-state index contributed by atoms with van der Waals surface area (Å²) in [6, 6.07) is 47.5. The summed E-state index contributed by atoms with van der Waals surface area (Å²) in [6.07, 6.45) is 3.60. The highest BCUT2D eigenvalue weighted by Crippen LogP contribution is 2.43. The van der Waals surface area contributed by atoms with Gasteiger partial charge in [-0.15, -0.1) is 0 Å². The van der Waals surface area contributed by atoms with Gasteiger partial charge in [0.05, 0.1) is 61.5 Å². The van der Waals surface area contributed by atoms with Crippen LogP contribution in [-0.4, -0.2) is 215 Å². The van der Waals surface area contributed by atoms with Crippen LogP contribution in [0.5, 0.6) is 11.5 Å². The molecule has 0 radical (unpaired) electrons. The number of anilines is 4. The zero-order valence-corrected chi connectivity index (χ0v) is 84.9. The number of ketones is 1. The fourth-order valence-corrected chi connectivity index (χ4v) is 17.1. The van der Waals surface area contributed by atoms with Crippen molar-refractivity contribution < 1.29 is 110 Å². The quantitative estimate of drug-likeness (QED) is 0.00966. The predicted octanol–water partition coefficient (Wildman–Crippen LogP) is 13.7. The number of hydrogen-bond acceptors (Lipinski definition) is 24. The molecule has 36 nitrogen and oxygen atoms in total. The van der Waals surface area contributed by atoms with Crippen molar-refractivity contribution in [2.24, 2.45) is 5.73 Å². The van der Waals surface area contributed by atoms with E-state index in [1.165, 1.54) is 9.80 Å². The molecular formula is C111H131N13O23. The summed E-state index contributed by atoms with van der Waals surface area (Å²) in [5, 5.41) is 43.5. The van der Waals surface area contributed by atoms with Crippen LogP contribution in [0.15, 0.2) is 207 Å². The highest BCUT2D eigenvalue weighted by atomic mass is 16.6. The third kappa shape index (κ3) is 31.1. The Morgan fingerprint density at radius 3 is 1.29 bits per heavy atom. The van der Waals surface area contributed by atoms with Crippen molar-refractivity contribution >= 4 is 117 Å². The maximum absolute atomic E-state index is 14.2. The molecule has 5 heterocycles. The van der Waals surface area contributed by atoms with E-state index >= 15 is 0 Å². The van der Waals surface area contributed by atoms with Gasteiger partial charge >= 0.3 is 24.4 Å². The average molecular weight is 2020 g/mol. The van der Waals surface area contributed by atoms with E-state index in [1.54, 1.807) is 153 Å². The van der Waals surface area contributed by atoms with Gasteiger partial charge in [0.15, 0.2) is 12.5 Å². The van der Waals surface area contributed by atoms with Crippen LogP contribution >= 0.6 is 0 Å². The minimum atomic E-state index is -1.49. The van der Waals surface area contributed by atoms with Crippen LogP contribution < -0.4 is 62.2 Å². The Balaban J connectivity index is 0.000000270. The first-order valence-electron chi connectivity index (χ1n) is 49.1. The molecule has 0 saturated carbocycles. The van der Waals surface area contributed by atoms with Gasteiger partial charge in [-0.1, -0.05) is 109 Å². The number of amides is 13. The summed E-state index contributed by atoms with van der Waals surface area (Å²) >= 11 is 0. The van der Waals surface area contributed by atoms with Gasteiger partial charge in [0.1, 0.15) is 59.8 Å². The molecular weight excluding hydrogens is 1880 g/mol. The van der Waals surface area contributed by atoms with Gasteiger partial charge in [-0.05, 0) is 273 Å². The molecule has 8 atom stereocenters. The van der Waals surface area contributed by atoms with E-state index in [1.807, 2.05) is 125 Å². The number of aryl methyl sites for hydroxylation is 4. The van der Waals surface area contributed by atoms with Gasteiger partial charge in [0, 0.05) is 87.9 Å². The Morgan fingerprint density at radius 1 is 0.449 bits per heavy atom. The lowest BCUT2D eigenvalue weighted by molar-refractivity contribution is -0.137.